The second-order valence-corrected chi connectivity index (χ2v) is 18.6. The summed E-state index contributed by atoms with van der Waals surface area (Å²) in [6, 6.07) is 19.4. The van der Waals surface area contributed by atoms with E-state index in [-0.39, 0.29) is 82.1 Å². The van der Waals surface area contributed by atoms with Crippen molar-refractivity contribution in [1.82, 2.24) is 20.4 Å². The summed E-state index contributed by atoms with van der Waals surface area (Å²) in [4.78, 5) is 87.1. The van der Waals surface area contributed by atoms with E-state index < -0.39 is 84.5 Å². The minimum absolute atomic E-state index is 0. The van der Waals surface area contributed by atoms with Crippen molar-refractivity contribution in [3.63, 3.8) is 0 Å². The van der Waals surface area contributed by atoms with Crippen molar-refractivity contribution in [3.05, 3.63) is 153 Å². The molecule has 412 valence electrons. The molecule has 4 aromatic rings. The van der Waals surface area contributed by atoms with Gasteiger partial charge in [-0.05, 0) is 85.6 Å². The maximum atomic E-state index is 14.4. The highest BCUT2D eigenvalue weighted by molar-refractivity contribution is 6.07. The number of amides is 6. The van der Waals surface area contributed by atoms with Crippen molar-refractivity contribution < 1.29 is 93.0 Å². The molecule has 0 spiro atoms. The summed E-state index contributed by atoms with van der Waals surface area (Å²) < 4.78 is 93.7. The molecule has 4 aromatic carbocycles. The number of hydrogen-bond donors (Lipinski definition) is 2. The standard InChI is InChI=1S/C54H53F6N9O8.HI/c1-33-45(47(37-19-15-35(29-61)16-20-37)65(31-43(70)76-5)51(74)67(33)41-13-7-11-39(27-41)53(55,56)57)49(72)63-23-9-25-69(3,4)26-10-24-64-50(73)46-34(2)68(42-14-8-12-40(28-42)54(58,59)60)52(75)66(32-44(71)77-6)48(46)38-21-17-36(30-62)18-22-38;/h7-8,11-22,27-28,47-48H,9-10,23-26,31-32H2,1-6H3,(H-,63,64,72,73);1H/t47-,48-;/m1./s1. The van der Waals surface area contributed by atoms with Crippen LogP contribution in [0.1, 0.15) is 72.2 Å². The molecular weight excluding hydrogens is 1140 g/mol. The number of nitrogens with zero attached hydrogens (tertiary/aromatic N) is 7. The third-order valence-corrected chi connectivity index (χ3v) is 13.1. The van der Waals surface area contributed by atoms with Gasteiger partial charge in [0.05, 0.1) is 110 Å². The average Bonchev–Trinajstić information content (AvgIpc) is 3.46. The van der Waals surface area contributed by atoms with E-state index in [1.807, 2.05) is 26.2 Å². The van der Waals surface area contributed by atoms with E-state index in [1.165, 1.54) is 74.5 Å². The zero-order valence-electron chi connectivity index (χ0n) is 43.1. The van der Waals surface area contributed by atoms with E-state index in [9.17, 15) is 65.6 Å². The number of carbonyl (C=O) groups excluding carboxylic acids is 6. The van der Waals surface area contributed by atoms with Crippen molar-refractivity contribution >= 4 is 47.2 Å². The van der Waals surface area contributed by atoms with Crippen molar-refractivity contribution in [2.45, 2.75) is 51.1 Å². The number of anilines is 2. The van der Waals surface area contributed by atoms with Gasteiger partial charge in [0.1, 0.15) is 13.1 Å². The van der Waals surface area contributed by atoms with Gasteiger partial charge >= 0.3 is 36.4 Å². The van der Waals surface area contributed by atoms with E-state index in [4.69, 9.17) is 9.47 Å². The smallest absolute Gasteiger partial charge is 0.416 e. The van der Waals surface area contributed by atoms with E-state index in [0.717, 1.165) is 70.2 Å². The summed E-state index contributed by atoms with van der Waals surface area (Å²) in [6.07, 6.45) is -8.82. The van der Waals surface area contributed by atoms with Crippen LogP contribution in [-0.2, 0) is 41.0 Å². The first-order chi connectivity index (χ1) is 36.3. The van der Waals surface area contributed by atoms with E-state index in [1.54, 1.807) is 0 Å². The molecule has 0 radical (unpaired) electrons. The Labute approximate surface area is 462 Å². The lowest BCUT2D eigenvalue weighted by Crippen LogP contribution is -3.00. The van der Waals surface area contributed by atoms with Gasteiger partial charge in [0, 0.05) is 37.3 Å². The Hall–Kier alpha value is -7.97. The molecule has 0 aromatic heterocycles. The predicted molar refractivity (Wildman–Crippen MR) is 266 cm³/mol. The molecule has 6 amide bonds. The first kappa shape index (κ1) is 60.9. The van der Waals surface area contributed by atoms with Crippen LogP contribution in [0.15, 0.2) is 120 Å². The van der Waals surface area contributed by atoms with Gasteiger partial charge in [0.15, 0.2) is 0 Å². The van der Waals surface area contributed by atoms with Gasteiger partial charge in [-0.25, -0.2) is 9.59 Å². The highest BCUT2D eigenvalue weighted by Crippen LogP contribution is 2.43. The molecule has 78 heavy (non-hydrogen) atoms. The maximum Gasteiger partial charge on any atom is 0.416 e. The van der Waals surface area contributed by atoms with Crippen LogP contribution in [0, 0.1) is 22.7 Å². The fourth-order valence-electron chi connectivity index (χ4n) is 9.16. The Morgan fingerprint density at radius 1 is 0.603 bits per heavy atom. The van der Waals surface area contributed by atoms with Crippen LogP contribution < -0.4 is 44.4 Å². The molecular formula is C54H54F6IN9O8. The fraction of sp³-hybridized carbons (Fsp3) is 0.333. The summed E-state index contributed by atoms with van der Waals surface area (Å²) in [5, 5.41) is 24.7. The highest BCUT2D eigenvalue weighted by Gasteiger charge is 2.46. The molecule has 0 saturated carbocycles. The Balaban J connectivity index is 0.0000112. The number of carbonyl (C=O) groups is 6. The largest absolute Gasteiger partial charge is 1.00 e. The molecule has 0 fully saturated rings. The summed E-state index contributed by atoms with van der Waals surface area (Å²) in [5.41, 5.74) is -1.59. The normalized spacial score (nSPS) is 16.0. The summed E-state index contributed by atoms with van der Waals surface area (Å²) in [7, 11) is 5.98. The average molecular weight is 1200 g/mol. The van der Waals surface area contributed by atoms with Crippen LogP contribution in [0.5, 0.6) is 0 Å². The number of allylic oxidation sites excluding steroid dienone is 2. The molecule has 0 unspecified atom stereocenters. The lowest BCUT2D eigenvalue weighted by atomic mass is 9.91. The Morgan fingerprint density at radius 3 is 1.26 bits per heavy atom. The van der Waals surface area contributed by atoms with Crippen LogP contribution >= 0.6 is 0 Å². The number of nitriles is 2. The summed E-state index contributed by atoms with van der Waals surface area (Å²) >= 11 is 0. The molecule has 2 aliphatic rings. The third-order valence-electron chi connectivity index (χ3n) is 13.1. The zero-order valence-corrected chi connectivity index (χ0v) is 45.2. The lowest BCUT2D eigenvalue weighted by molar-refractivity contribution is -0.890. The molecule has 0 bridgehead atoms. The molecule has 2 N–H and O–H groups in total. The maximum absolute atomic E-state index is 14.4. The van der Waals surface area contributed by atoms with Crippen LogP contribution in [0.2, 0.25) is 0 Å². The van der Waals surface area contributed by atoms with Gasteiger partial charge in [-0.2, -0.15) is 36.9 Å². The number of halogens is 7. The number of nitrogens with one attached hydrogen (secondary N) is 2. The number of benzene rings is 4. The van der Waals surface area contributed by atoms with Gasteiger partial charge in [-0.15, -0.1) is 0 Å². The van der Waals surface area contributed by atoms with Crippen LogP contribution in [0.25, 0.3) is 0 Å². The predicted octanol–water partition coefficient (Wildman–Crippen LogP) is 5.12. The quantitative estimate of drug-likeness (QED) is 0.0443. The van der Waals surface area contributed by atoms with Crippen LogP contribution in [0.4, 0.5) is 47.3 Å². The number of methoxy groups -OCH3 is 2. The van der Waals surface area contributed by atoms with Gasteiger partial charge in [0.2, 0.25) is 0 Å². The second-order valence-electron chi connectivity index (χ2n) is 18.6. The molecule has 6 rings (SSSR count). The number of ether oxygens (including phenoxy) is 2. The van der Waals surface area contributed by atoms with Crippen LogP contribution in [0.3, 0.4) is 0 Å². The molecule has 17 nitrogen and oxygen atoms in total. The van der Waals surface area contributed by atoms with E-state index in [2.05, 4.69) is 10.6 Å². The number of quaternary nitrogens is 1. The van der Waals surface area contributed by atoms with Crippen molar-refractivity contribution in [2.24, 2.45) is 0 Å². The minimum Gasteiger partial charge on any atom is -1.00 e. The highest BCUT2D eigenvalue weighted by atomic mass is 127. The topological polar surface area (TPSA) is 205 Å². The molecule has 2 atom stereocenters. The van der Waals surface area contributed by atoms with Gasteiger partial charge in [-0.1, -0.05) is 36.4 Å². The third kappa shape index (κ3) is 13.9. The number of esters is 2. The van der Waals surface area contributed by atoms with Gasteiger partial charge in [0.25, 0.3) is 11.8 Å². The lowest BCUT2D eigenvalue weighted by Gasteiger charge is -2.42. The first-order valence-corrected chi connectivity index (χ1v) is 23.8. The number of rotatable bonds is 18. The molecule has 2 heterocycles. The first-order valence-electron chi connectivity index (χ1n) is 23.8. The molecule has 2 aliphatic heterocycles. The Kier molecular flexibility index (Phi) is 19.9. The zero-order chi connectivity index (χ0) is 56.6. The van der Waals surface area contributed by atoms with Gasteiger partial charge in [-0.3, -0.25) is 29.0 Å². The molecule has 24 heteroatoms. The van der Waals surface area contributed by atoms with Crippen molar-refractivity contribution in [2.75, 3.05) is 77.4 Å². The summed E-state index contributed by atoms with van der Waals surface area (Å²) in [6.45, 7) is 2.44. The van der Waals surface area contributed by atoms with E-state index in [0.29, 0.717) is 41.5 Å². The van der Waals surface area contributed by atoms with E-state index >= 15 is 0 Å². The monoisotopic (exact) mass is 1200 g/mol. The van der Waals surface area contributed by atoms with Crippen molar-refractivity contribution in [1.29, 1.82) is 10.5 Å². The Morgan fingerprint density at radius 2 is 0.949 bits per heavy atom. The number of hydrogen-bond acceptors (Lipinski definition) is 10. The fourth-order valence-corrected chi connectivity index (χ4v) is 9.16. The Bertz CT molecular complexity index is 2880. The van der Waals surface area contributed by atoms with Crippen LogP contribution in [-0.4, -0.2) is 118 Å². The second kappa shape index (κ2) is 25.5. The van der Waals surface area contributed by atoms with Crippen molar-refractivity contribution in [3.8, 4) is 12.1 Å². The minimum atomic E-state index is -4.78. The number of urea groups is 2. The summed E-state index contributed by atoms with van der Waals surface area (Å²) in [5.74, 6) is -3.16. The SMILES string of the molecule is COC(=O)CN1C(=O)N(c2cccc(C(F)(F)F)c2)C(C)=C(C(=O)NCCC[N+](C)(C)CCCNC(=O)C2=C(C)N(c3cccc(C(F)(F)F)c3)C(=O)N(CC(=O)OC)[C@@H]2c2ccc(C#N)cc2)[C@H]1c1ccc(C#N)cc1.[I-]. The molecule has 0 aliphatic carbocycles. The van der Waals surface area contributed by atoms with Gasteiger partial charge < -0.3 is 58.4 Å². The molecule has 0 saturated heterocycles. The number of alkyl halides is 6.